The van der Waals surface area contributed by atoms with Crippen LogP contribution in [0.2, 0.25) is 0 Å². The molecule has 1 aromatic heterocycles. The van der Waals surface area contributed by atoms with Crippen LogP contribution in [0.25, 0.3) is 0 Å². The molecule has 1 amide bonds. The van der Waals surface area contributed by atoms with Crippen LogP contribution in [0.1, 0.15) is 25.7 Å². The van der Waals surface area contributed by atoms with Gasteiger partial charge < -0.3 is 9.88 Å². The monoisotopic (exact) mass is 195 g/mol. The minimum atomic E-state index is 0.132. The second kappa shape index (κ2) is 6.18. The van der Waals surface area contributed by atoms with Gasteiger partial charge in [-0.05, 0) is 12.8 Å². The van der Waals surface area contributed by atoms with E-state index in [-0.39, 0.29) is 5.91 Å². The van der Waals surface area contributed by atoms with Gasteiger partial charge in [-0.3, -0.25) is 4.79 Å². The van der Waals surface area contributed by atoms with E-state index in [1.165, 1.54) is 0 Å². The van der Waals surface area contributed by atoms with Gasteiger partial charge in [-0.1, -0.05) is 6.42 Å². The standard InChI is InChI=1S/C10H17N3O/c1-11-10(14)5-3-2-4-7-13-8-6-12-9-13/h6,8-9H,2-5,7H2,1H3,(H,11,14). The van der Waals surface area contributed by atoms with E-state index < -0.39 is 0 Å². The molecule has 78 valence electrons. The third-order valence-electron chi connectivity index (χ3n) is 2.16. The van der Waals surface area contributed by atoms with Gasteiger partial charge in [0.1, 0.15) is 0 Å². The number of hydrogen-bond donors (Lipinski definition) is 1. The fourth-order valence-electron chi connectivity index (χ4n) is 1.30. The molecule has 0 aliphatic carbocycles. The quantitative estimate of drug-likeness (QED) is 0.693. The Morgan fingerprint density at radius 1 is 1.43 bits per heavy atom. The van der Waals surface area contributed by atoms with Crippen molar-refractivity contribution in [3.05, 3.63) is 18.7 Å². The van der Waals surface area contributed by atoms with Crippen molar-refractivity contribution in [1.29, 1.82) is 0 Å². The van der Waals surface area contributed by atoms with E-state index >= 15 is 0 Å². The molecule has 0 fully saturated rings. The lowest BCUT2D eigenvalue weighted by molar-refractivity contribution is -0.120. The third-order valence-corrected chi connectivity index (χ3v) is 2.16. The molecular formula is C10H17N3O. The van der Waals surface area contributed by atoms with Crippen molar-refractivity contribution in [3.63, 3.8) is 0 Å². The Hall–Kier alpha value is -1.32. The van der Waals surface area contributed by atoms with Crippen molar-refractivity contribution in [2.45, 2.75) is 32.2 Å². The van der Waals surface area contributed by atoms with E-state index in [0.717, 1.165) is 25.8 Å². The van der Waals surface area contributed by atoms with Crippen molar-refractivity contribution in [2.75, 3.05) is 7.05 Å². The van der Waals surface area contributed by atoms with Gasteiger partial charge >= 0.3 is 0 Å². The Morgan fingerprint density at radius 2 is 2.29 bits per heavy atom. The average Bonchev–Trinajstić information content (AvgIpc) is 2.69. The van der Waals surface area contributed by atoms with Gasteiger partial charge in [-0.2, -0.15) is 0 Å². The minimum Gasteiger partial charge on any atom is -0.359 e. The van der Waals surface area contributed by atoms with Crippen LogP contribution < -0.4 is 5.32 Å². The predicted octanol–water partition coefficient (Wildman–Crippen LogP) is 1.19. The molecule has 0 saturated heterocycles. The number of amides is 1. The number of rotatable bonds is 6. The summed E-state index contributed by atoms with van der Waals surface area (Å²) in [5.74, 6) is 0.132. The number of aromatic nitrogens is 2. The summed E-state index contributed by atoms with van der Waals surface area (Å²) in [7, 11) is 1.67. The third kappa shape index (κ3) is 4.07. The molecule has 1 rings (SSSR count). The van der Waals surface area contributed by atoms with Crippen LogP contribution >= 0.6 is 0 Å². The van der Waals surface area contributed by atoms with E-state index in [1.807, 2.05) is 12.5 Å². The molecule has 0 unspecified atom stereocenters. The largest absolute Gasteiger partial charge is 0.359 e. The fraction of sp³-hybridized carbons (Fsp3) is 0.600. The zero-order valence-corrected chi connectivity index (χ0v) is 8.57. The van der Waals surface area contributed by atoms with E-state index in [9.17, 15) is 4.79 Å². The van der Waals surface area contributed by atoms with Gasteiger partial charge in [0.2, 0.25) is 5.91 Å². The summed E-state index contributed by atoms with van der Waals surface area (Å²) in [6.07, 6.45) is 9.36. The molecule has 14 heavy (non-hydrogen) atoms. The van der Waals surface area contributed by atoms with Gasteiger partial charge in [-0.25, -0.2) is 4.98 Å². The van der Waals surface area contributed by atoms with E-state index in [4.69, 9.17) is 0 Å². The number of hydrogen-bond acceptors (Lipinski definition) is 2. The summed E-state index contributed by atoms with van der Waals surface area (Å²) in [4.78, 5) is 14.8. The van der Waals surface area contributed by atoms with Crippen LogP contribution in [-0.2, 0) is 11.3 Å². The minimum absolute atomic E-state index is 0.132. The molecule has 0 spiro atoms. The molecule has 0 saturated carbocycles. The molecule has 4 nitrogen and oxygen atoms in total. The molecule has 0 radical (unpaired) electrons. The predicted molar refractivity (Wildman–Crippen MR) is 54.8 cm³/mol. The maximum absolute atomic E-state index is 10.9. The topological polar surface area (TPSA) is 46.9 Å². The Labute approximate surface area is 84.3 Å². The van der Waals surface area contributed by atoms with Crippen molar-refractivity contribution in [1.82, 2.24) is 14.9 Å². The van der Waals surface area contributed by atoms with Gasteiger partial charge in [-0.15, -0.1) is 0 Å². The van der Waals surface area contributed by atoms with Crippen LogP contribution in [0.4, 0.5) is 0 Å². The highest BCUT2D eigenvalue weighted by molar-refractivity contribution is 5.75. The van der Waals surface area contributed by atoms with Gasteiger partial charge in [0.25, 0.3) is 0 Å². The van der Waals surface area contributed by atoms with Gasteiger partial charge in [0.05, 0.1) is 6.33 Å². The maximum Gasteiger partial charge on any atom is 0.219 e. The maximum atomic E-state index is 10.9. The summed E-state index contributed by atoms with van der Waals surface area (Å²) in [6.45, 7) is 0.994. The van der Waals surface area contributed by atoms with Crippen LogP contribution in [0.3, 0.4) is 0 Å². The van der Waals surface area contributed by atoms with Crippen LogP contribution in [0.5, 0.6) is 0 Å². The second-order valence-electron chi connectivity index (χ2n) is 3.28. The number of aryl methyl sites for hydroxylation is 1. The lowest BCUT2D eigenvalue weighted by Gasteiger charge is -2.01. The summed E-state index contributed by atoms with van der Waals surface area (Å²) < 4.78 is 2.06. The molecule has 1 aromatic rings. The number of unbranched alkanes of at least 4 members (excludes halogenated alkanes) is 2. The second-order valence-corrected chi connectivity index (χ2v) is 3.28. The first kappa shape index (κ1) is 10.8. The normalized spacial score (nSPS) is 10.1. The molecule has 0 aliphatic heterocycles. The lowest BCUT2D eigenvalue weighted by atomic mass is 10.2. The van der Waals surface area contributed by atoms with Crippen LogP contribution in [0, 0.1) is 0 Å². The molecule has 1 heterocycles. The number of nitrogens with zero attached hydrogens (tertiary/aromatic N) is 2. The van der Waals surface area contributed by atoms with Crippen molar-refractivity contribution < 1.29 is 4.79 Å². The number of carbonyl (C=O) groups excluding carboxylic acids is 1. The summed E-state index contributed by atoms with van der Waals surface area (Å²) in [5.41, 5.74) is 0. The highest BCUT2D eigenvalue weighted by atomic mass is 16.1. The molecule has 0 aromatic carbocycles. The van der Waals surface area contributed by atoms with E-state index in [1.54, 1.807) is 13.2 Å². The van der Waals surface area contributed by atoms with Crippen molar-refractivity contribution in [3.8, 4) is 0 Å². The van der Waals surface area contributed by atoms with Crippen molar-refractivity contribution in [2.24, 2.45) is 0 Å². The summed E-state index contributed by atoms with van der Waals surface area (Å²) in [6, 6.07) is 0. The van der Waals surface area contributed by atoms with Gasteiger partial charge in [0.15, 0.2) is 0 Å². The first-order valence-electron chi connectivity index (χ1n) is 4.99. The van der Waals surface area contributed by atoms with E-state index in [0.29, 0.717) is 6.42 Å². The Morgan fingerprint density at radius 3 is 2.93 bits per heavy atom. The van der Waals surface area contributed by atoms with E-state index in [2.05, 4.69) is 14.9 Å². The van der Waals surface area contributed by atoms with Crippen LogP contribution in [0.15, 0.2) is 18.7 Å². The fourth-order valence-corrected chi connectivity index (χ4v) is 1.30. The summed E-state index contributed by atoms with van der Waals surface area (Å²) in [5, 5.41) is 2.62. The lowest BCUT2D eigenvalue weighted by Crippen LogP contribution is -2.16. The average molecular weight is 195 g/mol. The summed E-state index contributed by atoms with van der Waals surface area (Å²) >= 11 is 0. The Kier molecular flexibility index (Phi) is 4.75. The molecule has 1 N–H and O–H groups in total. The first-order valence-corrected chi connectivity index (χ1v) is 4.99. The SMILES string of the molecule is CNC(=O)CCCCCn1ccnc1. The smallest absolute Gasteiger partial charge is 0.219 e. The number of imidazole rings is 1. The Balaban J connectivity index is 1.97. The first-order chi connectivity index (χ1) is 6.83. The number of nitrogens with one attached hydrogen (secondary N) is 1. The zero-order valence-electron chi connectivity index (χ0n) is 8.57. The molecule has 0 bridgehead atoms. The van der Waals surface area contributed by atoms with Gasteiger partial charge in [0, 0.05) is 32.4 Å². The number of carbonyl (C=O) groups is 1. The zero-order chi connectivity index (χ0) is 10.2. The molecule has 0 atom stereocenters. The molecule has 0 aliphatic rings. The Bertz CT molecular complexity index is 256. The highest BCUT2D eigenvalue weighted by Gasteiger charge is 1.97. The highest BCUT2D eigenvalue weighted by Crippen LogP contribution is 2.01. The van der Waals surface area contributed by atoms with Crippen molar-refractivity contribution >= 4 is 5.91 Å². The molecular weight excluding hydrogens is 178 g/mol. The molecule has 4 heteroatoms. The van der Waals surface area contributed by atoms with Crippen LogP contribution in [-0.4, -0.2) is 22.5 Å².